The molecule has 0 aliphatic heterocycles. The lowest BCUT2D eigenvalue weighted by Crippen LogP contribution is -2.15. The molecule has 10 heteroatoms. The first-order valence-electron chi connectivity index (χ1n) is 11.4. The van der Waals surface area contributed by atoms with E-state index in [4.69, 9.17) is 14.0 Å². The van der Waals surface area contributed by atoms with Gasteiger partial charge in [0.15, 0.2) is 22.3 Å². The zero-order valence-corrected chi connectivity index (χ0v) is 21.1. The largest absolute Gasteiger partial charge is 0.490 e. The van der Waals surface area contributed by atoms with Gasteiger partial charge < -0.3 is 9.47 Å². The highest BCUT2D eigenvalue weighted by molar-refractivity contribution is 7.85. The predicted molar refractivity (Wildman–Crippen MR) is 128 cm³/mol. The molecule has 3 aromatic rings. The minimum Gasteiger partial charge on any atom is -0.490 e. The molecule has 0 saturated heterocycles. The highest BCUT2D eigenvalue weighted by Crippen LogP contribution is 2.34. The van der Waals surface area contributed by atoms with Gasteiger partial charge in [0.2, 0.25) is 11.6 Å². The van der Waals surface area contributed by atoms with E-state index >= 15 is 0 Å². The quantitative estimate of drug-likeness (QED) is 0.134. The van der Waals surface area contributed by atoms with Crippen molar-refractivity contribution in [2.24, 2.45) is 11.8 Å². The van der Waals surface area contributed by atoms with Crippen molar-refractivity contribution in [3.05, 3.63) is 65.2 Å². The highest BCUT2D eigenvalue weighted by Gasteiger charge is 2.33. The van der Waals surface area contributed by atoms with Crippen LogP contribution >= 0.6 is 0 Å². The molecule has 5 nitrogen and oxygen atoms in total. The Kier molecular flexibility index (Phi) is 8.51. The fourth-order valence-corrected chi connectivity index (χ4v) is 4.74. The van der Waals surface area contributed by atoms with E-state index in [-0.39, 0.29) is 6.61 Å². The first kappa shape index (κ1) is 27.7. The van der Waals surface area contributed by atoms with Gasteiger partial charge in [0.05, 0.1) is 0 Å². The SMILES string of the molecule is CC(C)CC(c1ccc2cc(OCCOc3c(F)c(F)c(S(=O)(=O)O)c(F)c3F)ccc2c1)C(C)C. The van der Waals surface area contributed by atoms with Gasteiger partial charge in [0.1, 0.15) is 19.0 Å². The van der Waals surface area contributed by atoms with Crippen LogP contribution in [0.25, 0.3) is 10.8 Å². The number of ether oxygens (including phenoxy) is 2. The van der Waals surface area contributed by atoms with Crippen LogP contribution in [0.1, 0.15) is 45.6 Å². The first-order chi connectivity index (χ1) is 16.8. The first-order valence-corrected chi connectivity index (χ1v) is 12.9. The molecule has 0 saturated carbocycles. The summed E-state index contributed by atoms with van der Waals surface area (Å²) in [5.41, 5.74) is 1.26. The van der Waals surface area contributed by atoms with Gasteiger partial charge in [-0.3, -0.25) is 4.55 Å². The molecule has 0 radical (unpaired) electrons. The fourth-order valence-electron chi connectivity index (χ4n) is 4.11. The van der Waals surface area contributed by atoms with E-state index < -0.39 is 50.6 Å². The third kappa shape index (κ3) is 6.10. The molecular formula is C26H28F4O5S. The van der Waals surface area contributed by atoms with Crippen molar-refractivity contribution < 1.29 is 40.0 Å². The minimum absolute atomic E-state index is 0.227. The predicted octanol–water partition coefficient (Wildman–Crippen LogP) is 6.89. The molecule has 3 aromatic carbocycles. The third-order valence-electron chi connectivity index (χ3n) is 5.83. The van der Waals surface area contributed by atoms with Crippen molar-refractivity contribution in [1.82, 2.24) is 0 Å². The molecule has 0 amide bonds. The van der Waals surface area contributed by atoms with Gasteiger partial charge in [0, 0.05) is 0 Å². The maximum Gasteiger partial charge on any atom is 0.300 e. The molecule has 0 aromatic heterocycles. The Morgan fingerprint density at radius 1 is 0.806 bits per heavy atom. The Balaban J connectivity index is 1.70. The average Bonchev–Trinajstić information content (AvgIpc) is 2.79. The van der Waals surface area contributed by atoms with E-state index in [0.717, 1.165) is 17.2 Å². The summed E-state index contributed by atoms with van der Waals surface area (Å²) in [6.07, 6.45) is 1.08. The van der Waals surface area contributed by atoms with Crippen LogP contribution in [0, 0.1) is 35.1 Å². The van der Waals surface area contributed by atoms with Crippen molar-refractivity contribution >= 4 is 20.9 Å². The van der Waals surface area contributed by atoms with Gasteiger partial charge >= 0.3 is 10.1 Å². The normalized spacial score (nSPS) is 13.0. The smallest absolute Gasteiger partial charge is 0.300 e. The van der Waals surface area contributed by atoms with Crippen LogP contribution in [0.4, 0.5) is 17.6 Å². The van der Waals surface area contributed by atoms with Crippen molar-refractivity contribution in [3.63, 3.8) is 0 Å². The van der Waals surface area contributed by atoms with Crippen molar-refractivity contribution in [3.8, 4) is 11.5 Å². The van der Waals surface area contributed by atoms with Crippen LogP contribution in [-0.4, -0.2) is 26.2 Å². The van der Waals surface area contributed by atoms with Gasteiger partial charge in [-0.2, -0.15) is 17.2 Å². The molecule has 1 atom stereocenters. The Hall–Kier alpha value is -2.85. The zero-order valence-electron chi connectivity index (χ0n) is 20.3. The summed E-state index contributed by atoms with van der Waals surface area (Å²) in [5.74, 6) is -8.24. The molecule has 0 aliphatic carbocycles. The molecule has 196 valence electrons. The molecule has 0 fully saturated rings. The van der Waals surface area contributed by atoms with Gasteiger partial charge in [-0.05, 0) is 52.6 Å². The van der Waals surface area contributed by atoms with Gasteiger partial charge in [-0.25, -0.2) is 8.78 Å². The van der Waals surface area contributed by atoms with Crippen LogP contribution in [0.3, 0.4) is 0 Å². The average molecular weight is 529 g/mol. The van der Waals surface area contributed by atoms with Crippen LogP contribution in [0.2, 0.25) is 0 Å². The number of hydrogen-bond donors (Lipinski definition) is 1. The Morgan fingerprint density at radius 2 is 1.36 bits per heavy atom. The molecule has 1 unspecified atom stereocenters. The second kappa shape index (κ2) is 11.0. The molecule has 0 bridgehead atoms. The van der Waals surface area contributed by atoms with Gasteiger partial charge in [-0.15, -0.1) is 0 Å². The summed E-state index contributed by atoms with van der Waals surface area (Å²) >= 11 is 0. The minimum atomic E-state index is -5.53. The Labute approximate surface area is 207 Å². The van der Waals surface area contributed by atoms with Crippen LogP contribution in [-0.2, 0) is 10.1 Å². The molecule has 36 heavy (non-hydrogen) atoms. The van der Waals surface area contributed by atoms with E-state index in [0.29, 0.717) is 23.5 Å². The number of hydrogen-bond acceptors (Lipinski definition) is 4. The molecule has 3 rings (SSSR count). The Morgan fingerprint density at radius 3 is 1.92 bits per heavy atom. The van der Waals surface area contributed by atoms with Crippen LogP contribution in [0.15, 0.2) is 41.3 Å². The monoisotopic (exact) mass is 528 g/mol. The standard InChI is InChI=1S/C26H28F4O5S/c1-14(2)11-20(15(3)4)18-6-5-17-13-19(8-7-16(17)12-18)34-9-10-35-25-21(27)23(29)26(36(31,32)33)24(30)22(25)28/h5-8,12-15,20H,9-11H2,1-4H3,(H,31,32,33). The zero-order chi connectivity index (χ0) is 26.8. The lowest BCUT2D eigenvalue weighted by atomic mass is 9.81. The molecule has 1 N–H and O–H groups in total. The van der Waals surface area contributed by atoms with Gasteiger partial charge in [-0.1, -0.05) is 52.0 Å². The summed E-state index contributed by atoms with van der Waals surface area (Å²) < 4.78 is 97.0. The van der Waals surface area contributed by atoms with E-state index in [1.807, 2.05) is 12.1 Å². The van der Waals surface area contributed by atoms with E-state index in [1.54, 1.807) is 12.1 Å². The van der Waals surface area contributed by atoms with Crippen LogP contribution < -0.4 is 9.47 Å². The second-order valence-corrected chi connectivity index (χ2v) is 10.7. The van der Waals surface area contributed by atoms with E-state index in [2.05, 4.69) is 39.8 Å². The summed E-state index contributed by atoms with van der Waals surface area (Å²) in [7, 11) is -5.53. The molecule has 0 spiro atoms. The summed E-state index contributed by atoms with van der Waals surface area (Å²) in [6, 6.07) is 11.6. The molecule has 0 heterocycles. The summed E-state index contributed by atoms with van der Waals surface area (Å²) in [6.45, 7) is 8.09. The topological polar surface area (TPSA) is 72.8 Å². The van der Waals surface area contributed by atoms with E-state index in [9.17, 15) is 26.0 Å². The summed E-state index contributed by atoms with van der Waals surface area (Å²) in [5, 5.41) is 1.95. The van der Waals surface area contributed by atoms with E-state index in [1.165, 1.54) is 5.56 Å². The van der Waals surface area contributed by atoms with Crippen LogP contribution in [0.5, 0.6) is 11.5 Å². The van der Waals surface area contributed by atoms with Crippen molar-refractivity contribution in [1.29, 1.82) is 0 Å². The molecular weight excluding hydrogens is 500 g/mol. The maximum atomic E-state index is 14.0. The fraction of sp³-hybridized carbons (Fsp3) is 0.385. The third-order valence-corrected chi connectivity index (χ3v) is 6.71. The number of benzene rings is 3. The lowest BCUT2D eigenvalue weighted by Gasteiger charge is -2.23. The summed E-state index contributed by atoms with van der Waals surface area (Å²) in [4.78, 5) is -2.12. The highest BCUT2D eigenvalue weighted by atomic mass is 32.2. The van der Waals surface area contributed by atoms with Crippen molar-refractivity contribution in [2.75, 3.05) is 13.2 Å². The van der Waals surface area contributed by atoms with Gasteiger partial charge in [0.25, 0.3) is 0 Å². The Bertz CT molecular complexity index is 1330. The number of fused-ring (bicyclic) bond motifs is 1. The lowest BCUT2D eigenvalue weighted by molar-refractivity contribution is 0.199. The second-order valence-electron chi connectivity index (χ2n) is 9.33. The number of rotatable bonds is 10. The number of halogens is 4. The van der Waals surface area contributed by atoms with Crippen molar-refractivity contribution in [2.45, 2.75) is 44.9 Å². The molecule has 0 aliphatic rings. The maximum absolute atomic E-state index is 14.0.